The summed E-state index contributed by atoms with van der Waals surface area (Å²) in [7, 11) is 1.73. The van der Waals surface area contributed by atoms with E-state index in [4.69, 9.17) is 9.84 Å². The molecule has 3 unspecified atom stereocenters. The molecule has 1 aliphatic heterocycles. The Morgan fingerprint density at radius 2 is 2.05 bits per heavy atom. The summed E-state index contributed by atoms with van der Waals surface area (Å²) in [5.41, 5.74) is 0. The Balaban J connectivity index is 1.79. The minimum atomic E-state index is -0.814. The molecule has 1 heterocycles. The van der Waals surface area contributed by atoms with Gasteiger partial charge in [0.15, 0.2) is 0 Å². The van der Waals surface area contributed by atoms with Crippen molar-refractivity contribution in [3.63, 3.8) is 0 Å². The molecule has 20 heavy (non-hydrogen) atoms. The number of hydrogen-bond acceptors (Lipinski definition) is 3. The summed E-state index contributed by atoms with van der Waals surface area (Å²) >= 11 is 0. The Hall–Kier alpha value is -1.30. The van der Waals surface area contributed by atoms with Crippen LogP contribution in [0.25, 0.3) is 0 Å². The maximum absolute atomic E-state index is 12.1. The van der Waals surface area contributed by atoms with Crippen molar-refractivity contribution in [3.05, 3.63) is 0 Å². The van der Waals surface area contributed by atoms with E-state index in [0.717, 1.165) is 38.7 Å². The zero-order valence-electron chi connectivity index (χ0n) is 12.0. The number of carboxylic acid groups (broad SMARTS) is 1. The summed E-state index contributed by atoms with van der Waals surface area (Å²) in [4.78, 5) is 24.8. The highest BCUT2D eigenvalue weighted by Gasteiger charge is 2.34. The van der Waals surface area contributed by atoms with Gasteiger partial charge in [-0.25, -0.2) is 4.79 Å². The van der Waals surface area contributed by atoms with Crippen LogP contribution in [-0.2, 0) is 9.53 Å². The minimum absolute atomic E-state index is 0.110. The van der Waals surface area contributed by atoms with Gasteiger partial charge in [-0.1, -0.05) is 6.42 Å². The second-order valence-corrected chi connectivity index (χ2v) is 5.80. The third-order valence-electron chi connectivity index (χ3n) is 4.24. The molecule has 2 fully saturated rings. The van der Waals surface area contributed by atoms with Crippen molar-refractivity contribution in [2.75, 3.05) is 20.2 Å². The van der Waals surface area contributed by atoms with Crippen LogP contribution in [0.5, 0.6) is 0 Å². The van der Waals surface area contributed by atoms with Gasteiger partial charge in [-0.15, -0.1) is 0 Å². The third-order valence-corrected chi connectivity index (χ3v) is 4.24. The van der Waals surface area contributed by atoms with Crippen LogP contribution in [0.15, 0.2) is 0 Å². The molecule has 0 radical (unpaired) electrons. The number of urea groups is 1. The Bertz CT molecular complexity index is 355. The van der Waals surface area contributed by atoms with Crippen LogP contribution in [0, 0.1) is 5.92 Å². The molecule has 2 amide bonds. The number of carbonyl (C=O) groups excluding carboxylic acids is 1. The number of aliphatic carboxylic acids is 1. The molecule has 1 saturated carbocycles. The molecule has 0 spiro atoms. The molecule has 114 valence electrons. The number of hydrogen-bond donors (Lipinski definition) is 2. The fraction of sp³-hybridized carbons (Fsp3) is 0.857. The van der Waals surface area contributed by atoms with Gasteiger partial charge in [0.1, 0.15) is 0 Å². The fourth-order valence-corrected chi connectivity index (χ4v) is 3.04. The summed E-state index contributed by atoms with van der Waals surface area (Å²) in [6.07, 6.45) is 5.58. The van der Waals surface area contributed by atoms with Crippen molar-refractivity contribution in [2.45, 2.75) is 50.7 Å². The Morgan fingerprint density at radius 1 is 1.25 bits per heavy atom. The number of nitrogens with one attached hydrogen (secondary N) is 1. The van der Waals surface area contributed by atoms with Crippen LogP contribution in [0.2, 0.25) is 0 Å². The molecule has 1 aliphatic carbocycles. The number of likely N-dealkylation sites (N-methyl/N-ethyl adjacent to an activating group) is 1. The number of rotatable bonds is 4. The van der Waals surface area contributed by atoms with Crippen LogP contribution in [0.1, 0.15) is 38.5 Å². The normalized spacial score (nSPS) is 29.9. The molecule has 6 nitrogen and oxygen atoms in total. The highest BCUT2D eigenvalue weighted by atomic mass is 16.5. The first-order valence-corrected chi connectivity index (χ1v) is 7.44. The lowest BCUT2D eigenvalue weighted by Gasteiger charge is -2.29. The monoisotopic (exact) mass is 284 g/mol. The van der Waals surface area contributed by atoms with Gasteiger partial charge in [-0.3, -0.25) is 4.79 Å². The van der Waals surface area contributed by atoms with Crippen molar-refractivity contribution in [1.29, 1.82) is 0 Å². The van der Waals surface area contributed by atoms with Crippen LogP contribution in [0.3, 0.4) is 0 Å². The average Bonchev–Trinajstić information content (AvgIpc) is 2.88. The lowest BCUT2D eigenvalue weighted by molar-refractivity contribution is -0.142. The van der Waals surface area contributed by atoms with Gasteiger partial charge in [0.2, 0.25) is 0 Å². The van der Waals surface area contributed by atoms with E-state index in [1.54, 1.807) is 11.9 Å². The topological polar surface area (TPSA) is 78.9 Å². The number of nitrogens with zero attached hydrogens (tertiary/aromatic N) is 1. The molecule has 2 aliphatic rings. The summed E-state index contributed by atoms with van der Waals surface area (Å²) in [5.74, 6) is -1.26. The molecule has 2 N–H and O–H groups in total. The lowest BCUT2D eigenvalue weighted by atomic mass is 10.0. The Labute approximate surface area is 119 Å². The molecular weight excluding hydrogens is 260 g/mol. The maximum Gasteiger partial charge on any atom is 0.317 e. The van der Waals surface area contributed by atoms with Gasteiger partial charge in [0.05, 0.1) is 12.0 Å². The Kier molecular flexibility index (Phi) is 5.23. The van der Waals surface area contributed by atoms with E-state index in [-0.39, 0.29) is 18.2 Å². The predicted octanol–water partition coefficient (Wildman–Crippen LogP) is 1.45. The summed E-state index contributed by atoms with van der Waals surface area (Å²) in [5, 5.41) is 12.0. The molecule has 0 aromatic carbocycles. The number of carboxylic acids is 1. The first-order valence-electron chi connectivity index (χ1n) is 7.44. The summed E-state index contributed by atoms with van der Waals surface area (Å²) in [6.45, 7) is 1.33. The molecule has 0 aromatic heterocycles. The van der Waals surface area contributed by atoms with E-state index in [1.807, 2.05) is 0 Å². The van der Waals surface area contributed by atoms with Crippen LogP contribution < -0.4 is 5.32 Å². The van der Waals surface area contributed by atoms with E-state index >= 15 is 0 Å². The number of amides is 2. The second-order valence-electron chi connectivity index (χ2n) is 5.80. The Morgan fingerprint density at radius 3 is 2.70 bits per heavy atom. The zero-order chi connectivity index (χ0) is 14.5. The van der Waals surface area contributed by atoms with Crippen molar-refractivity contribution in [3.8, 4) is 0 Å². The van der Waals surface area contributed by atoms with E-state index < -0.39 is 11.9 Å². The van der Waals surface area contributed by atoms with Crippen LogP contribution in [-0.4, -0.2) is 54.4 Å². The van der Waals surface area contributed by atoms with Crippen molar-refractivity contribution < 1.29 is 19.4 Å². The molecule has 0 bridgehead atoms. The highest BCUT2D eigenvalue weighted by molar-refractivity contribution is 5.77. The van der Waals surface area contributed by atoms with Gasteiger partial charge in [-0.2, -0.15) is 0 Å². The van der Waals surface area contributed by atoms with Crippen LogP contribution >= 0.6 is 0 Å². The average molecular weight is 284 g/mol. The van der Waals surface area contributed by atoms with Gasteiger partial charge in [-0.05, 0) is 32.1 Å². The molecule has 6 heteroatoms. The van der Waals surface area contributed by atoms with Gasteiger partial charge in [0.25, 0.3) is 0 Å². The van der Waals surface area contributed by atoms with Crippen molar-refractivity contribution in [2.24, 2.45) is 5.92 Å². The molecule has 0 aromatic rings. The standard InChI is InChI=1S/C14H24N2O4/c1-16(9-10-5-2-3-8-20-10)14(19)15-12-7-4-6-11(12)13(17)18/h10-12H,2-9H2,1H3,(H,15,19)(H,17,18). The molecule has 2 rings (SSSR count). The van der Waals surface area contributed by atoms with Gasteiger partial charge >= 0.3 is 12.0 Å². The van der Waals surface area contributed by atoms with E-state index in [9.17, 15) is 9.59 Å². The first kappa shape index (κ1) is 15.1. The van der Waals surface area contributed by atoms with Crippen molar-refractivity contribution >= 4 is 12.0 Å². The minimum Gasteiger partial charge on any atom is -0.481 e. The van der Waals surface area contributed by atoms with Gasteiger partial charge < -0.3 is 20.1 Å². The van der Waals surface area contributed by atoms with E-state index in [1.165, 1.54) is 0 Å². The number of carbonyl (C=O) groups is 2. The summed E-state index contributed by atoms with van der Waals surface area (Å²) < 4.78 is 5.61. The first-order chi connectivity index (χ1) is 9.58. The second kappa shape index (κ2) is 6.92. The predicted molar refractivity (Wildman–Crippen MR) is 73.5 cm³/mol. The van der Waals surface area contributed by atoms with Gasteiger partial charge in [0, 0.05) is 26.2 Å². The lowest BCUT2D eigenvalue weighted by Crippen LogP contribution is -2.48. The van der Waals surface area contributed by atoms with Crippen LogP contribution in [0.4, 0.5) is 4.79 Å². The van der Waals surface area contributed by atoms with E-state index in [0.29, 0.717) is 13.0 Å². The van der Waals surface area contributed by atoms with E-state index in [2.05, 4.69) is 5.32 Å². The zero-order valence-corrected chi connectivity index (χ0v) is 12.0. The molecular formula is C14H24N2O4. The third kappa shape index (κ3) is 3.85. The smallest absolute Gasteiger partial charge is 0.317 e. The summed E-state index contributed by atoms with van der Waals surface area (Å²) in [6, 6.07) is -0.438. The maximum atomic E-state index is 12.1. The quantitative estimate of drug-likeness (QED) is 0.819. The van der Waals surface area contributed by atoms with Crippen molar-refractivity contribution in [1.82, 2.24) is 10.2 Å². The highest BCUT2D eigenvalue weighted by Crippen LogP contribution is 2.26. The SMILES string of the molecule is CN(CC1CCCCO1)C(=O)NC1CCCC1C(=O)O. The number of ether oxygens (including phenoxy) is 1. The fourth-order valence-electron chi connectivity index (χ4n) is 3.04. The molecule has 1 saturated heterocycles. The largest absolute Gasteiger partial charge is 0.481 e. The molecule has 3 atom stereocenters.